The molecule has 0 aromatic heterocycles. The van der Waals surface area contributed by atoms with Gasteiger partial charge in [0.2, 0.25) is 6.79 Å². The number of hydrogen-bond donors (Lipinski definition) is 0. The normalized spacial score (nSPS) is 12.6. The molecular weight excluding hydrogens is 168 g/mol. The summed E-state index contributed by atoms with van der Waals surface area (Å²) in [7, 11) is 0. The lowest BCUT2D eigenvalue weighted by Gasteiger charge is -2.01. The highest BCUT2D eigenvalue weighted by atomic mass is 16.7. The van der Waals surface area contributed by atoms with Gasteiger partial charge in [-0.15, -0.1) is 0 Å². The smallest absolute Gasteiger partial charge is 0.231 e. The molecule has 0 fully saturated rings. The molecule has 3 nitrogen and oxygen atoms in total. The van der Waals surface area contributed by atoms with Crippen molar-refractivity contribution >= 4 is 0 Å². The molecule has 68 valence electrons. The molecule has 1 aliphatic rings. The van der Waals surface area contributed by atoms with Gasteiger partial charge in [0.25, 0.3) is 0 Å². The minimum absolute atomic E-state index is 0.307. The highest BCUT2D eigenvalue weighted by Crippen LogP contribution is 2.32. The van der Waals surface area contributed by atoms with Crippen LogP contribution in [0.3, 0.4) is 0 Å². The van der Waals surface area contributed by atoms with E-state index in [0.29, 0.717) is 13.4 Å². The van der Waals surface area contributed by atoms with E-state index in [0.717, 1.165) is 17.1 Å². The number of hydrogen-bond acceptors (Lipinski definition) is 3. The van der Waals surface area contributed by atoms with Crippen molar-refractivity contribution in [3.8, 4) is 11.5 Å². The number of ether oxygens (including phenoxy) is 3. The second-order valence-electron chi connectivity index (χ2n) is 2.67. The van der Waals surface area contributed by atoms with Crippen LogP contribution in [0.4, 0.5) is 0 Å². The predicted octanol–water partition coefficient (Wildman–Crippen LogP) is 2.08. The van der Waals surface area contributed by atoms with E-state index in [1.54, 1.807) is 0 Å². The topological polar surface area (TPSA) is 27.7 Å². The first-order chi connectivity index (χ1) is 6.40. The average Bonchev–Trinajstić information content (AvgIpc) is 2.61. The molecule has 1 aliphatic heterocycles. The summed E-state index contributed by atoms with van der Waals surface area (Å²) in [6.07, 6.45) is 1.42. The zero-order valence-electron chi connectivity index (χ0n) is 7.16. The predicted molar refractivity (Wildman–Crippen MR) is 47.6 cm³/mol. The molecule has 1 aromatic carbocycles. The lowest BCUT2D eigenvalue weighted by molar-refractivity contribution is 0.173. The van der Waals surface area contributed by atoms with Crippen LogP contribution in [0.1, 0.15) is 5.56 Å². The Morgan fingerprint density at radius 3 is 3.08 bits per heavy atom. The molecule has 0 amide bonds. The Kier molecular flexibility index (Phi) is 2.08. The Morgan fingerprint density at radius 1 is 1.38 bits per heavy atom. The van der Waals surface area contributed by atoms with Crippen LogP contribution < -0.4 is 9.47 Å². The number of fused-ring (bicyclic) bond motifs is 1. The maximum absolute atomic E-state index is 5.22. The summed E-state index contributed by atoms with van der Waals surface area (Å²) in [5.41, 5.74) is 1.05. The summed E-state index contributed by atoms with van der Waals surface area (Å²) in [5, 5.41) is 0. The van der Waals surface area contributed by atoms with E-state index >= 15 is 0 Å². The Morgan fingerprint density at radius 2 is 2.23 bits per heavy atom. The van der Waals surface area contributed by atoms with Crippen LogP contribution >= 0.6 is 0 Å². The molecule has 1 aromatic rings. The van der Waals surface area contributed by atoms with E-state index in [-0.39, 0.29) is 0 Å². The Hall–Kier alpha value is -1.64. The van der Waals surface area contributed by atoms with Crippen molar-refractivity contribution in [2.75, 3.05) is 6.79 Å². The molecule has 13 heavy (non-hydrogen) atoms. The van der Waals surface area contributed by atoms with Gasteiger partial charge in [0.1, 0.15) is 6.61 Å². The van der Waals surface area contributed by atoms with Gasteiger partial charge in [-0.25, -0.2) is 0 Å². The number of benzene rings is 1. The van der Waals surface area contributed by atoms with Crippen LogP contribution in [-0.4, -0.2) is 6.79 Å². The summed E-state index contributed by atoms with van der Waals surface area (Å²) in [5.74, 6) is 1.58. The van der Waals surface area contributed by atoms with E-state index in [9.17, 15) is 0 Å². The molecule has 3 heteroatoms. The van der Waals surface area contributed by atoms with E-state index in [1.807, 2.05) is 18.2 Å². The average molecular weight is 178 g/mol. The quantitative estimate of drug-likeness (QED) is 0.663. The summed E-state index contributed by atoms with van der Waals surface area (Å²) in [6, 6.07) is 5.73. The minimum Gasteiger partial charge on any atom is -0.497 e. The third-order valence-corrected chi connectivity index (χ3v) is 1.80. The van der Waals surface area contributed by atoms with Crippen molar-refractivity contribution < 1.29 is 14.2 Å². The fourth-order valence-electron chi connectivity index (χ4n) is 1.19. The first-order valence-corrected chi connectivity index (χ1v) is 4.01. The number of rotatable bonds is 3. The van der Waals surface area contributed by atoms with Crippen molar-refractivity contribution in [1.29, 1.82) is 0 Å². The maximum Gasteiger partial charge on any atom is 0.231 e. The van der Waals surface area contributed by atoms with Gasteiger partial charge in [0.15, 0.2) is 11.5 Å². The zero-order chi connectivity index (χ0) is 9.10. The SMILES string of the molecule is C=COCc1ccc2c(c1)OCO2. The largest absolute Gasteiger partial charge is 0.497 e. The van der Waals surface area contributed by atoms with Crippen molar-refractivity contribution in [1.82, 2.24) is 0 Å². The molecule has 0 atom stereocenters. The molecule has 0 saturated carbocycles. The van der Waals surface area contributed by atoms with Crippen LogP contribution in [0.15, 0.2) is 31.0 Å². The Labute approximate surface area is 76.5 Å². The lowest BCUT2D eigenvalue weighted by atomic mass is 10.2. The van der Waals surface area contributed by atoms with Crippen LogP contribution in [0.5, 0.6) is 11.5 Å². The highest BCUT2D eigenvalue weighted by molar-refractivity contribution is 5.44. The van der Waals surface area contributed by atoms with Gasteiger partial charge in [-0.1, -0.05) is 12.6 Å². The first-order valence-electron chi connectivity index (χ1n) is 4.01. The van der Waals surface area contributed by atoms with Gasteiger partial charge < -0.3 is 14.2 Å². The van der Waals surface area contributed by atoms with Gasteiger partial charge in [-0.2, -0.15) is 0 Å². The fraction of sp³-hybridized carbons (Fsp3) is 0.200. The lowest BCUT2D eigenvalue weighted by Crippen LogP contribution is -1.93. The van der Waals surface area contributed by atoms with Gasteiger partial charge in [-0.3, -0.25) is 0 Å². The van der Waals surface area contributed by atoms with Crippen LogP contribution in [0, 0.1) is 0 Å². The van der Waals surface area contributed by atoms with Crippen LogP contribution in [-0.2, 0) is 11.3 Å². The zero-order valence-corrected chi connectivity index (χ0v) is 7.16. The molecule has 0 saturated heterocycles. The Bertz CT molecular complexity index is 320. The summed E-state index contributed by atoms with van der Waals surface area (Å²) in [6.45, 7) is 4.29. The minimum atomic E-state index is 0.307. The molecular formula is C10H10O3. The fourth-order valence-corrected chi connectivity index (χ4v) is 1.19. The standard InChI is InChI=1S/C10H10O3/c1-2-11-6-8-3-4-9-10(5-8)13-7-12-9/h2-5H,1,6-7H2. The molecule has 0 spiro atoms. The van der Waals surface area contributed by atoms with Crippen LogP contribution in [0.25, 0.3) is 0 Å². The third kappa shape index (κ3) is 1.59. The molecule has 0 aliphatic carbocycles. The molecule has 0 radical (unpaired) electrons. The molecule has 2 rings (SSSR count). The van der Waals surface area contributed by atoms with E-state index < -0.39 is 0 Å². The van der Waals surface area contributed by atoms with Crippen molar-refractivity contribution in [3.63, 3.8) is 0 Å². The third-order valence-electron chi connectivity index (χ3n) is 1.80. The van der Waals surface area contributed by atoms with Gasteiger partial charge in [0.05, 0.1) is 6.26 Å². The second-order valence-corrected chi connectivity index (χ2v) is 2.67. The highest BCUT2D eigenvalue weighted by Gasteiger charge is 2.12. The van der Waals surface area contributed by atoms with Crippen LogP contribution in [0.2, 0.25) is 0 Å². The monoisotopic (exact) mass is 178 g/mol. The molecule has 1 heterocycles. The summed E-state index contributed by atoms with van der Waals surface area (Å²) < 4.78 is 15.4. The maximum atomic E-state index is 5.22. The Balaban J connectivity index is 2.16. The van der Waals surface area contributed by atoms with E-state index in [2.05, 4.69) is 6.58 Å². The second kappa shape index (κ2) is 3.39. The van der Waals surface area contributed by atoms with Gasteiger partial charge in [0, 0.05) is 0 Å². The first kappa shape index (κ1) is 7.98. The van der Waals surface area contributed by atoms with Crippen molar-refractivity contribution in [2.45, 2.75) is 6.61 Å². The van der Waals surface area contributed by atoms with Gasteiger partial charge >= 0.3 is 0 Å². The summed E-state index contributed by atoms with van der Waals surface area (Å²) in [4.78, 5) is 0. The summed E-state index contributed by atoms with van der Waals surface area (Å²) >= 11 is 0. The molecule has 0 unspecified atom stereocenters. The van der Waals surface area contributed by atoms with Crippen molar-refractivity contribution in [3.05, 3.63) is 36.6 Å². The molecule has 0 N–H and O–H groups in total. The van der Waals surface area contributed by atoms with Crippen molar-refractivity contribution in [2.24, 2.45) is 0 Å². The van der Waals surface area contributed by atoms with E-state index in [4.69, 9.17) is 14.2 Å². The molecule has 0 bridgehead atoms. The van der Waals surface area contributed by atoms with Gasteiger partial charge in [-0.05, 0) is 17.7 Å². The van der Waals surface area contributed by atoms with E-state index in [1.165, 1.54) is 6.26 Å².